The first kappa shape index (κ1) is 12.4. The van der Waals surface area contributed by atoms with Gasteiger partial charge in [0.1, 0.15) is 0 Å². The third kappa shape index (κ3) is 2.99. The van der Waals surface area contributed by atoms with Gasteiger partial charge >= 0.3 is 7.12 Å². The fraction of sp³-hybridized carbons (Fsp3) is 0.429. The molecule has 17 heavy (non-hydrogen) atoms. The van der Waals surface area contributed by atoms with Crippen molar-refractivity contribution in [1.82, 2.24) is 0 Å². The normalized spacial score (nSPS) is 23.5. The summed E-state index contributed by atoms with van der Waals surface area (Å²) in [5.74, 6) is 0. The second-order valence-corrected chi connectivity index (χ2v) is 5.25. The van der Waals surface area contributed by atoms with Crippen LogP contribution >= 0.6 is 0 Å². The topological polar surface area (TPSA) is 18.5 Å². The molecule has 1 aromatic carbocycles. The first-order valence-corrected chi connectivity index (χ1v) is 6.05. The van der Waals surface area contributed by atoms with Crippen molar-refractivity contribution in [3.8, 4) is 0 Å². The lowest BCUT2D eigenvalue weighted by Crippen LogP contribution is -2.46. The molecule has 1 heterocycles. The summed E-state index contributed by atoms with van der Waals surface area (Å²) < 4.78 is 11.8. The largest absolute Gasteiger partial charge is 0.494 e. The van der Waals surface area contributed by atoms with Gasteiger partial charge in [-0.1, -0.05) is 36.9 Å². The zero-order chi connectivity index (χ0) is 12.5. The molecular weight excluding hydrogens is 211 g/mol. The summed E-state index contributed by atoms with van der Waals surface area (Å²) in [6.07, 6.45) is 1.11. The van der Waals surface area contributed by atoms with Crippen molar-refractivity contribution in [1.29, 1.82) is 0 Å². The average molecular weight is 230 g/mol. The third-order valence-electron chi connectivity index (χ3n) is 2.99. The van der Waals surface area contributed by atoms with E-state index in [1.165, 1.54) is 0 Å². The predicted octanol–water partition coefficient (Wildman–Crippen LogP) is 3.33. The van der Waals surface area contributed by atoms with E-state index in [0.717, 1.165) is 17.5 Å². The predicted molar refractivity (Wildman–Crippen MR) is 71.6 cm³/mol. The van der Waals surface area contributed by atoms with Crippen molar-refractivity contribution in [2.45, 2.75) is 38.9 Å². The Bertz CT molecular complexity index is 400. The summed E-state index contributed by atoms with van der Waals surface area (Å²) in [6, 6.07) is 10.0. The molecule has 1 aromatic rings. The Morgan fingerprint density at radius 3 is 2.59 bits per heavy atom. The van der Waals surface area contributed by atoms with Gasteiger partial charge in [0.25, 0.3) is 0 Å². The Morgan fingerprint density at radius 1 is 1.35 bits per heavy atom. The van der Waals surface area contributed by atoms with E-state index in [4.69, 9.17) is 9.31 Å². The minimum Gasteiger partial charge on any atom is -0.405 e. The molecule has 3 heteroatoms. The lowest BCUT2D eigenvalue weighted by atomic mass is 9.72. The van der Waals surface area contributed by atoms with Crippen molar-refractivity contribution in [3.63, 3.8) is 0 Å². The number of rotatable bonds is 2. The van der Waals surface area contributed by atoms with Gasteiger partial charge in [-0.3, -0.25) is 0 Å². The standard InChI is InChI=1S/C14H19BO2/c1-11-10-14(3,4)17-15(16-11)12(2)13-8-6-5-7-9-13/h5-9,11H,2,10H2,1,3-4H3. The summed E-state index contributed by atoms with van der Waals surface area (Å²) in [4.78, 5) is 0. The Balaban J connectivity index is 2.15. The second kappa shape index (κ2) is 4.67. The maximum absolute atomic E-state index is 5.94. The Hall–Kier alpha value is -1.06. The summed E-state index contributed by atoms with van der Waals surface area (Å²) >= 11 is 0. The SMILES string of the molecule is C=C(B1OC(C)CC(C)(C)O1)c1ccccc1. The van der Waals surface area contributed by atoms with Crippen LogP contribution in [-0.4, -0.2) is 18.8 Å². The van der Waals surface area contributed by atoms with Crippen LogP contribution in [0.1, 0.15) is 32.8 Å². The van der Waals surface area contributed by atoms with E-state index in [1.807, 2.05) is 30.3 Å². The van der Waals surface area contributed by atoms with Crippen molar-refractivity contribution in [2.75, 3.05) is 0 Å². The van der Waals surface area contributed by atoms with Gasteiger partial charge in [0.15, 0.2) is 0 Å². The highest BCUT2D eigenvalue weighted by Crippen LogP contribution is 2.30. The Labute approximate surface area is 104 Å². The molecule has 2 rings (SSSR count). The molecule has 0 bridgehead atoms. The van der Waals surface area contributed by atoms with Crippen molar-refractivity contribution < 1.29 is 9.31 Å². The lowest BCUT2D eigenvalue weighted by molar-refractivity contribution is -0.0224. The van der Waals surface area contributed by atoms with Gasteiger partial charge < -0.3 is 9.31 Å². The molecule has 1 aliphatic rings. The van der Waals surface area contributed by atoms with Crippen LogP contribution in [0.5, 0.6) is 0 Å². The van der Waals surface area contributed by atoms with E-state index < -0.39 is 0 Å². The maximum atomic E-state index is 5.94. The quantitative estimate of drug-likeness (QED) is 0.725. The zero-order valence-electron chi connectivity index (χ0n) is 10.8. The van der Waals surface area contributed by atoms with Crippen LogP contribution in [0, 0.1) is 0 Å². The molecule has 0 saturated carbocycles. The third-order valence-corrected chi connectivity index (χ3v) is 2.99. The first-order valence-electron chi connectivity index (χ1n) is 6.05. The number of benzene rings is 1. The van der Waals surface area contributed by atoms with E-state index in [1.54, 1.807) is 0 Å². The monoisotopic (exact) mass is 230 g/mol. The summed E-state index contributed by atoms with van der Waals surface area (Å²) in [6.45, 7) is 10.4. The van der Waals surface area contributed by atoms with E-state index in [2.05, 4.69) is 27.4 Å². The Morgan fingerprint density at radius 2 is 2.00 bits per heavy atom. The fourth-order valence-electron chi connectivity index (χ4n) is 2.26. The molecule has 0 amide bonds. The maximum Gasteiger partial charge on any atom is 0.494 e. The zero-order valence-corrected chi connectivity index (χ0v) is 10.8. The first-order chi connectivity index (χ1) is 7.98. The molecule has 1 fully saturated rings. The molecule has 90 valence electrons. The second-order valence-electron chi connectivity index (χ2n) is 5.25. The van der Waals surface area contributed by atoms with Crippen LogP contribution in [-0.2, 0) is 9.31 Å². The number of hydrogen-bond donors (Lipinski definition) is 0. The van der Waals surface area contributed by atoms with E-state index in [-0.39, 0.29) is 18.8 Å². The van der Waals surface area contributed by atoms with Crippen molar-refractivity contribution in [3.05, 3.63) is 42.5 Å². The fourth-order valence-corrected chi connectivity index (χ4v) is 2.26. The van der Waals surface area contributed by atoms with Crippen LogP contribution in [0.25, 0.3) is 5.47 Å². The molecule has 0 aromatic heterocycles. The van der Waals surface area contributed by atoms with Crippen LogP contribution in [0.2, 0.25) is 0 Å². The summed E-state index contributed by atoms with van der Waals surface area (Å²) in [7, 11) is -0.337. The van der Waals surface area contributed by atoms with Crippen LogP contribution < -0.4 is 0 Å². The van der Waals surface area contributed by atoms with Gasteiger partial charge in [0, 0.05) is 6.10 Å². The van der Waals surface area contributed by atoms with Crippen molar-refractivity contribution in [2.24, 2.45) is 0 Å². The lowest BCUT2D eigenvalue weighted by Gasteiger charge is -2.38. The van der Waals surface area contributed by atoms with Gasteiger partial charge in [-0.25, -0.2) is 0 Å². The van der Waals surface area contributed by atoms with Gasteiger partial charge in [-0.2, -0.15) is 0 Å². The number of hydrogen-bond acceptors (Lipinski definition) is 2. The molecular formula is C14H19BO2. The molecule has 1 aliphatic heterocycles. The molecule has 0 N–H and O–H groups in total. The van der Waals surface area contributed by atoms with Gasteiger partial charge in [-0.15, -0.1) is 0 Å². The van der Waals surface area contributed by atoms with E-state index >= 15 is 0 Å². The van der Waals surface area contributed by atoms with Crippen LogP contribution in [0.3, 0.4) is 0 Å². The summed E-state index contributed by atoms with van der Waals surface area (Å²) in [5, 5.41) is 0. The van der Waals surface area contributed by atoms with E-state index in [9.17, 15) is 0 Å². The van der Waals surface area contributed by atoms with Gasteiger partial charge in [0.2, 0.25) is 0 Å². The average Bonchev–Trinajstić information content (AvgIpc) is 2.26. The van der Waals surface area contributed by atoms with Gasteiger partial charge in [-0.05, 0) is 38.2 Å². The molecule has 0 radical (unpaired) electrons. The van der Waals surface area contributed by atoms with Gasteiger partial charge in [0.05, 0.1) is 5.60 Å². The van der Waals surface area contributed by atoms with Crippen LogP contribution in [0.4, 0.5) is 0 Å². The molecule has 0 spiro atoms. The minimum absolute atomic E-state index is 0.153. The molecule has 2 nitrogen and oxygen atoms in total. The highest BCUT2D eigenvalue weighted by Gasteiger charge is 2.38. The minimum atomic E-state index is -0.337. The highest BCUT2D eigenvalue weighted by atomic mass is 16.6. The van der Waals surface area contributed by atoms with Crippen molar-refractivity contribution >= 4 is 12.6 Å². The summed E-state index contributed by atoms with van der Waals surface area (Å²) in [5.41, 5.74) is 1.81. The molecule has 0 aliphatic carbocycles. The molecule has 1 unspecified atom stereocenters. The van der Waals surface area contributed by atoms with Crippen LogP contribution in [0.15, 0.2) is 36.9 Å². The highest BCUT2D eigenvalue weighted by molar-refractivity contribution is 6.68. The molecule has 1 saturated heterocycles. The Kier molecular flexibility index (Phi) is 3.41. The molecule has 1 atom stereocenters. The van der Waals surface area contributed by atoms with E-state index in [0.29, 0.717) is 0 Å². The smallest absolute Gasteiger partial charge is 0.405 e.